The summed E-state index contributed by atoms with van der Waals surface area (Å²) < 4.78 is 42.8. The second-order valence-electron chi connectivity index (χ2n) is 7.97. The number of hydrogen-bond donors (Lipinski definition) is 1. The van der Waals surface area contributed by atoms with Crippen molar-refractivity contribution in [3.63, 3.8) is 0 Å². The third-order valence-electron chi connectivity index (χ3n) is 5.86. The second-order valence-corrected chi connectivity index (χ2v) is 9.91. The molecule has 1 amide bonds. The minimum absolute atomic E-state index is 0.0694. The highest BCUT2D eigenvalue weighted by atomic mass is 32.2. The number of hydrogen-bond acceptors (Lipinski definition) is 7. The van der Waals surface area contributed by atoms with Gasteiger partial charge in [0.2, 0.25) is 15.9 Å². The highest BCUT2D eigenvalue weighted by Crippen LogP contribution is 2.32. The first-order valence-electron chi connectivity index (χ1n) is 10.9. The van der Waals surface area contributed by atoms with E-state index in [0.29, 0.717) is 36.4 Å². The summed E-state index contributed by atoms with van der Waals surface area (Å²) in [5, 5.41) is 2.91. The molecule has 0 spiro atoms. The average Bonchev–Trinajstić information content (AvgIpc) is 2.88. The number of nitrogens with zero attached hydrogens (tertiary/aromatic N) is 1. The van der Waals surface area contributed by atoms with Gasteiger partial charge in [-0.3, -0.25) is 9.59 Å². The lowest BCUT2D eigenvalue weighted by atomic mass is 9.96. The number of carbonyl (C=O) groups excluding carboxylic acids is 2. The molecule has 0 aromatic heterocycles. The van der Waals surface area contributed by atoms with E-state index >= 15 is 0 Å². The molecule has 1 aliphatic rings. The lowest BCUT2D eigenvalue weighted by Gasteiger charge is -2.32. The number of sulfonamides is 1. The Hall–Kier alpha value is -3.11. The van der Waals surface area contributed by atoms with Crippen LogP contribution in [-0.4, -0.2) is 59.0 Å². The number of esters is 1. The molecule has 184 valence electrons. The van der Waals surface area contributed by atoms with Crippen molar-refractivity contribution in [2.75, 3.05) is 34.4 Å². The van der Waals surface area contributed by atoms with Gasteiger partial charge in [0.1, 0.15) is 0 Å². The molecule has 2 aromatic rings. The number of benzene rings is 2. The Bertz CT molecular complexity index is 1110. The first kappa shape index (κ1) is 25.5. The van der Waals surface area contributed by atoms with Gasteiger partial charge in [-0.1, -0.05) is 24.3 Å². The molecule has 0 saturated carbocycles. The van der Waals surface area contributed by atoms with E-state index in [1.807, 2.05) is 0 Å². The molecule has 2 atom stereocenters. The molecule has 1 N–H and O–H groups in total. The zero-order chi connectivity index (χ0) is 24.7. The van der Waals surface area contributed by atoms with Gasteiger partial charge in [0.15, 0.2) is 11.5 Å². The average molecular weight is 491 g/mol. The minimum Gasteiger partial charge on any atom is -0.493 e. The number of amides is 1. The predicted octanol–water partition coefficient (Wildman–Crippen LogP) is 2.53. The fourth-order valence-electron chi connectivity index (χ4n) is 3.98. The topological polar surface area (TPSA) is 111 Å². The summed E-state index contributed by atoms with van der Waals surface area (Å²) in [4.78, 5) is 25.5. The van der Waals surface area contributed by atoms with Crippen LogP contribution in [0.15, 0.2) is 53.4 Å². The molecule has 1 saturated heterocycles. The molecular weight excluding hydrogens is 460 g/mol. The van der Waals surface area contributed by atoms with Crippen LogP contribution in [0.2, 0.25) is 0 Å². The molecule has 0 bridgehead atoms. The third kappa shape index (κ3) is 5.87. The van der Waals surface area contributed by atoms with Crippen LogP contribution < -0.4 is 14.8 Å². The van der Waals surface area contributed by atoms with Crippen LogP contribution in [-0.2, 0) is 24.3 Å². The lowest BCUT2D eigenvalue weighted by molar-refractivity contribution is -0.141. The third-order valence-corrected chi connectivity index (χ3v) is 7.74. The number of methoxy groups -OCH3 is 3. The molecule has 3 rings (SSSR count). The summed E-state index contributed by atoms with van der Waals surface area (Å²) in [6.45, 7) is 0.419. The first-order chi connectivity index (χ1) is 16.3. The van der Waals surface area contributed by atoms with Crippen LogP contribution >= 0.6 is 0 Å². The van der Waals surface area contributed by atoms with Gasteiger partial charge in [0.25, 0.3) is 0 Å². The van der Waals surface area contributed by atoms with Gasteiger partial charge in [0.05, 0.1) is 44.6 Å². The summed E-state index contributed by atoms with van der Waals surface area (Å²) >= 11 is 0. The van der Waals surface area contributed by atoms with Gasteiger partial charge in [-0.15, -0.1) is 0 Å². The number of ether oxygens (including phenoxy) is 3. The summed E-state index contributed by atoms with van der Waals surface area (Å²) in [7, 11) is 0.598. The van der Waals surface area contributed by atoms with Crippen molar-refractivity contribution in [3.8, 4) is 11.5 Å². The molecule has 2 aromatic carbocycles. The van der Waals surface area contributed by atoms with Crippen molar-refractivity contribution in [2.24, 2.45) is 5.92 Å². The Kier molecular flexibility index (Phi) is 8.51. The molecule has 1 fully saturated rings. The Balaban J connectivity index is 1.79. The van der Waals surface area contributed by atoms with Gasteiger partial charge in [-0.05, 0) is 42.7 Å². The molecule has 2 unspecified atom stereocenters. The maximum Gasteiger partial charge on any atom is 0.307 e. The number of nitrogens with one attached hydrogen (secondary N) is 1. The van der Waals surface area contributed by atoms with Crippen LogP contribution in [0.4, 0.5) is 0 Å². The largest absolute Gasteiger partial charge is 0.493 e. The zero-order valence-corrected chi connectivity index (χ0v) is 20.3. The number of carbonyl (C=O) groups is 2. The van der Waals surface area contributed by atoms with E-state index in [9.17, 15) is 18.0 Å². The monoisotopic (exact) mass is 490 g/mol. The van der Waals surface area contributed by atoms with E-state index in [2.05, 4.69) is 5.32 Å². The molecule has 1 heterocycles. The summed E-state index contributed by atoms with van der Waals surface area (Å²) in [5.41, 5.74) is 0.640. The maximum atomic E-state index is 13.2. The van der Waals surface area contributed by atoms with E-state index in [0.717, 1.165) is 0 Å². The normalized spacial score (nSPS) is 17.4. The minimum atomic E-state index is -3.70. The summed E-state index contributed by atoms with van der Waals surface area (Å²) in [5.74, 6) is -0.383. The second kappa shape index (κ2) is 11.3. The summed E-state index contributed by atoms with van der Waals surface area (Å²) in [6.07, 6.45) is 1.02. The van der Waals surface area contributed by atoms with Crippen LogP contribution in [0.25, 0.3) is 0 Å². The smallest absolute Gasteiger partial charge is 0.307 e. The fourth-order valence-corrected chi connectivity index (χ4v) is 5.52. The van der Waals surface area contributed by atoms with Crippen LogP contribution in [0.5, 0.6) is 11.5 Å². The predicted molar refractivity (Wildman–Crippen MR) is 125 cm³/mol. The number of rotatable bonds is 9. The van der Waals surface area contributed by atoms with Crippen molar-refractivity contribution in [3.05, 3.63) is 54.1 Å². The van der Waals surface area contributed by atoms with E-state index in [1.54, 1.807) is 48.5 Å². The van der Waals surface area contributed by atoms with E-state index in [-0.39, 0.29) is 23.8 Å². The molecule has 34 heavy (non-hydrogen) atoms. The Labute approximate surface area is 200 Å². The molecule has 1 aliphatic heterocycles. The van der Waals surface area contributed by atoms with Gasteiger partial charge in [0, 0.05) is 13.1 Å². The molecule has 9 nitrogen and oxygen atoms in total. The summed E-state index contributed by atoms with van der Waals surface area (Å²) in [6, 6.07) is 12.6. The van der Waals surface area contributed by atoms with Crippen molar-refractivity contribution >= 4 is 21.9 Å². The van der Waals surface area contributed by atoms with Crippen LogP contribution in [0.1, 0.15) is 30.9 Å². The van der Waals surface area contributed by atoms with Gasteiger partial charge < -0.3 is 19.5 Å². The Morgan fingerprint density at radius 1 is 1.06 bits per heavy atom. The van der Waals surface area contributed by atoms with Crippen LogP contribution in [0, 0.1) is 5.92 Å². The van der Waals surface area contributed by atoms with Gasteiger partial charge in [-0.2, -0.15) is 4.31 Å². The van der Waals surface area contributed by atoms with Crippen molar-refractivity contribution < 1.29 is 32.2 Å². The quantitative estimate of drug-likeness (QED) is 0.538. The van der Waals surface area contributed by atoms with E-state index in [1.165, 1.54) is 25.6 Å². The van der Waals surface area contributed by atoms with E-state index in [4.69, 9.17) is 14.2 Å². The molecule has 0 radical (unpaired) electrons. The lowest BCUT2D eigenvalue weighted by Crippen LogP contribution is -2.46. The SMILES string of the molecule is COC(=O)CC(NC(=O)C1CCCN(S(=O)(=O)c2ccccc2)C1)c1ccc(OC)c(OC)c1. The highest BCUT2D eigenvalue weighted by Gasteiger charge is 2.34. The van der Waals surface area contributed by atoms with Crippen molar-refractivity contribution in [2.45, 2.75) is 30.2 Å². The highest BCUT2D eigenvalue weighted by molar-refractivity contribution is 7.89. The van der Waals surface area contributed by atoms with E-state index < -0.39 is 28.0 Å². The molecular formula is C24H30N2O7S. The zero-order valence-electron chi connectivity index (χ0n) is 19.5. The van der Waals surface area contributed by atoms with Crippen LogP contribution in [0.3, 0.4) is 0 Å². The fraction of sp³-hybridized carbons (Fsp3) is 0.417. The Morgan fingerprint density at radius 2 is 1.76 bits per heavy atom. The molecule has 10 heteroatoms. The number of piperidine rings is 1. The first-order valence-corrected chi connectivity index (χ1v) is 12.4. The standard InChI is InChI=1S/C24H30N2O7S/c1-31-21-12-11-17(14-22(21)32-2)20(15-23(27)33-3)25-24(28)18-8-7-13-26(16-18)34(29,30)19-9-5-4-6-10-19/h4-6,9-12,14,18,20H,7-8,13,15-16H2,1-3H3,(H,25,28). The van der Waals surface area contributed by atoms with Crippen molar-refractivity contribution in [1.29, 1.82) is 0 Å². The van der Waals surface area contributed by atoms with Gasteiger partial charge in [-0.25, -0.2) is 8.42 Å². The molecule has 0 aliphatic carbocycles. The Morgan fingerprint density at radius 3 is 2.41 bits per heavy atom. The van der Waals surface area contributed by atoms with Gasteiger partial charge >= 0.3 is 5.97 Å². The maximum absolute atomic E-state index is 13.2. The van der Waals surface area contributed by atoms with Crippen molar-refractivity contribution in [1.82, 2.24) is 9.62 Å².